The van der Waals surface area contributed by atoms with Gasteiger partial charge in [0.15, 0.2) is 23.0 Å². The summed E-state index contributed by atoms with van der Waals surface area (Å²) in [6, 6.07) is 7.12. The number of benzene rings is 2. The molecule has 0 saturated heterocycles. The summed E-state index contributed by atoms with van der Waals surface area (Å²) in [6.07, 6.45) is 8.14. The van der Waals surface area contributed by atoms with Crippen molar-refractivity contribution in [3.05, 3.63) is 41.5 Å². The third-order valence-corrected chi connectivity index (χ3v) is 7.69. The molecule has 1 aliphatic carbocycles. The van der Waals surface area contributed by atoms with Gasteiger partial charge in [-0.3, -0.25) is 0 Å². The molecule has 11 heteroatoms. The Hall–Kier alpha value is -4.12. The second-order valence-electron chi connectivity index (χ2n) is 10.4. The average molecular weight is 616 g/mol. The highest BCUT2D eigenvalue weighted by molar-refractivity contribution is 5.91. The zero-order chi connectivity index (χ0) is 32.1. The number of unbranched alkanes of at least 4 members (excludes halogenated alkanes) is 1. The van der Waals surface area contributed by atoms with Crippen LogP contribution in [-0.2, 0) is 14.3 Å². The van der Waals surface area contributed by atoms with Crippen LogP contribution in [0.5, 0.6) is 34.5 Å². The molecule has 2 aromatic carbocycles. The Bertz CT molecular complexity index is 1220. The predicted octanol–water partition coefficient (Wildman–Crippen LogP) is 5.17. The highest BCUT2D eigenvalue weighted by Gasteiger charge is 2.26. The molecule has 0 heterocycles. The minimum absolute atomic E-state index is 0.105. The summed E-state index contributed by atoms with van der Waals surface area (Å²) in [4.78, 5) is 27.4. The van der Waals surface area contributed by atoms with Crippen LogP contribution < -0.4 is 28.4 Å². The third-order valence-electron chi connectivity index (χ3n) is 7.69. The van der Waals surface area contributed by atoms with Gasteiger partial charge in [-0.1, -0.05) is 0 Å². The second-order valence-corrected chi connectivity index (χ2v) is 10.4. The van der Waals surface area contributed by atoms with Crippen LogP contribution in [0.25, 0.3) is 6.08 Å². The van der Waals surface area contributed by atoms with Crippen molar-refractivity contribution in [1.29, 1.82) is 0 Å². The van der Waals surface area contributed by atoms with E-state index in [1.165, 1.54) is 27.4 Å². The summed E-state index contributed by atoms with van der Waals surface area (Å²) in [5.41, 5.74) is 1.07. The summed E-state index contributed by atoms with van der Waals surface area (Å²) in [5, 5.41) is 0. The van der Waals surface area contributed by atoms with E-state index in [2.05, 4.69) is 11.9 Å². The lowest BCUT2D eigenvalue weighted by Crippen LogP contribution is -2.38. The number of carbonyl (C=O) groups is 2. The summed E-state index contributed by atoms with van der Waals surface area (Å²) < 4.78 is 43.2. The van der Waals surface area contributed by atoms with Crippen LogP contribution in [0.3, 0.4) is 0 Å². The fourth-order valence-electron chi connectivity index (χ4n) is 5.26. The number of hydrogen-bond donors (Lipinski definition) is 0. The van der Waals surface area contributed by atoms with Gasteiger partial charge in [0.2, 0.25) is 11.5 Å². The van der Waals surface area contributed by atoms with Crippen molar-refractivity contribution in [2.45, 2.75) is 50.7 Å². The van der Waals surface area contributed by atoms with E-state index in [1.807, 2.05) is 0 Å². The number of nitrogens with zero attached hydrogens (tertiary/aromatic N) is 1. The molecule has 44 heavy (non-hydrogen) atoms. The molecular formula is C33H45NO10. The van der Waals surface area contributed by atoms with Gasteiger partial charge in [-0.05, 0) is 88.0 Å². The van der Waals surface area contributed by atoms with Crippen molar-refractivity contribution >= 4 is 18.0 Å². The zero-order valence-electron chi connectivity index (χ0n) is 26.8. The lowest BCUT2D eigenvalue weighted by Gasteiger charge is -2.34. The number of hydrogen-bond acceptors (Lipinski definition) is 11. The number of esters is 2. The largest absolute Gasteiger partial charge is 0.493 e. The molecule has 0 aromatic heterocycles. The fraction of sp³-hybridized carbons (Fsp3) is 0.515. The van der Waals surface area contributed by atoms with Gasteiger partial charge < -0.3 is 42.8 Å². The normalized spacial score (nSPS) is 16.4. The van der Waals surface area contributed by atoms with Gasteiger partial charge in [0.25, 0.3) is 0 Å². The molecule has 2 aromatic rings. The van der Waals surface area contributed by atoms with Gasteiger partial charge in [0.1, 0.15) is 6.10 Å². The van der Waals surface area contributed by atoms with Crippen LogP contribution in [0.1, 0.15) is 54.4 Å². The first-order valence-electron chi connectivity index (χ1n) is 14.6. The van der Waals surface area contributed by atoms with Crippen LogP contribution >= 0.6 is 0 Å². The van der Waals surface area contributed by atoms with Gasteiger partial charge in [-0.2, -0.15) is 0 Å². The molecule has 11 nitrogen and oxygen atoms in total. The molecule has 1 fully saturated rings. The molecule has 1 aliphatic rings. The molecule has 242 valence electrons. The number of carbonyl (C=O) groups excluding carboxylic acids is 2. The second kappa shape index (κ2) is 17.2. The van der Waals surface area contributed by atoms with Crippen molar-refractivity contribution in [2.24, 2.45) is 0 Å². The van der Waals surface area contributed by atoms with Gasteiger partial charge in [0, 0.05) is 12.1 Å². The lowest BCUT2D eigenvalue weighted by molar-refractivity contribution is -0.144. The zero-order valence-corrected chi connectivity index (χ0v) is 26.8. The SMILES string of the molecule is COc1cc(/C=C/C(=O)OC2CCC(N(C)CCCCOC(=O)c3cc(OC)c(OC)c(OC)c3)CC2)cc(OC)c1OC. The number of methoxy groups -OCH3 is 6. The predicted molar refractivity (Wildman–Crippen MR) is 166 cm³/mol. The maximum atomic E-state index is 12.6. The molecular weight excluding hydrogens is 570 g/mol. The number of ether oxygens (including phenoxy) is 8. The Labute approximate surface area is 259 Å². The van der Waals surface area contributed by atoms with E-state index in [0.717, 1.165) is 50.6 Å². The van der Waals surface area contributed by atoms with E-state index in [9.17, 15) is 9.59 Å². The first-order chi connectivity index (χ1) is 21.3. The van der Waals surface area contributed by atoms with E-state index >= 15 is 0 Å². The molecule has 0 amide bonds. The van der Waals surface area contributed by atoms with Crippen LogP contribution in [0.2, 0.25) is 0 Å². The van der Waals surface area contributed by atoms with Crippen LogP contribution in [0.15, 0.2) is 30.3 Å². The molecule has 0 N–H and O–H groups in total. The maximum absolute atomic E-state index is 12.6. The van der Waals surface area contributed by atoms with Crippen molar-refractivity contribution in [3.8, 4) is 34.5 Å². The van der Waals surface area contributed by atoms with Crippen molar-refractivity contribution in [3.63, 3.8) is 0 Å². The first kappa shape index (κ1) is 34.4. The van der Waals surface area contributed by atoms with Crippen LogP contribution in [-0.4, -0.2) is 91.8 Å². The minimum atomic E-state index is -0.441. The van der Waals surface area contributed by atoms with Gasteiger partial charge in [-0.25, -0.2) is 9.59 Å². The standard InChI is InChI=1S/C33H45NO10/c1-34(16-8-9-17-43-33(36)23-20-28(39-4)32(42-7)29(21-23)40-5)24-11-13-25(14-12-24)44-30(35)15-10-22-18-26(37-2)31(41-6)27(19-22)38-3/h10,15,18-21,24-25H,8-9,11-14,16-17H2,1-7H3/b15-10+. The minimum Gasteiger partial charge on any atom is -0.493 e. The Morgan fingerprint density at radius 2 is 1.27 bits per heavy atom. The Morgan fingerprint density at radius 3 is 1.77 bits per heavy atom. The van der Waals surface area contributed by atoms with Crippen molar-refractivity contribution in [2.75, 3.05) is 62.9 Å². The van der Waals surface area contributed by atoms with E-state index in [-0.39, 0.29) is 12.1 Å². The van der Waals surface area contributed by atoms with Crippen molar-refractivity contribution in [1.82, 2.24) is 4.90 Å². The Kier molecular flexibility index (Phi) is 13.5. The fourth-order valence-corrected chi connectivity index (χ4v) is 5.26. The molecule has 0 spiro atoms. The van der Waals surface area contributed by atoms with Gasteiger partial charge >= 0.3 is 11.9 Å². The van der Waals surface area contributed by atoms with Gasteiger partial charge in [0.05, 0.1) is 54.8 Å². The number of rotatable bonds is 16. The quantitative estimate of drug-likeness (QED) is 0.142. The summed E-state index contributed by atoms with van der Waals surface area (Å²) in [5.74, 6) is 1.92. The monoisotopic (exact) mass is 615 g/mol. The lowest BCUT2D eigenvalue weighted by atomic mass is 9.92. The first-order valence-corrected chi connectivity index (χ1v) is 14.6. The van der Waals surface area contributed by atoms with E-state index < -0.39 is 5.97 Å². The van der Waals surface area contributed by atoms with Gasteiger partial charge in [-0.15, -0.1) is 0 Å². The van der Waals surface area contributed by atoms with Crippen LogP contribution in [0.4, 0.5) is 0 Å². The van der Waals surface area contributed by atoms with E-state index in [0.29, 0.717) is 52.7 Å². The molecule has 0 bridgehead atoms. The van der Waals surface area contributed by atoms with E-state index in [4.69, 9.17) is 37.9 Å². The summed E-state index contributed by atoms with van der Waals surface area (Å²) in [6.45, 7) is 1.20. The Balaban J connectivity index is 1.37. The summed E-state index contributed by atoms with van der Waals surface area (Å²) in [7, 11) is 11.3. The molecule has 0 atom stereocenters. The average Bonchev–Trinajstić information content (AvgIpc) is 3.05. The van der Waals surface area contributed by atoms with Crippen LogP contribution in [0, 0.1) is 0 Å². The highest BCUT2D eigenvalue weighted by atomic mass is 16.6. The molecule has 0 unspecified atom stereocenters. The highest BCUT2D eigenvalue weighted by Crippen LogP contribution is 2.39. The molecule has 0 aliphatic heterocycles. The Morgan fingerprint density at radius 1 is 0.750 bits per heavy atom. The van der Waals surface area contributed by atoms with Crippen molar-refractivity contribution < 1.29 is 47.5 Å². The molecule has 3 rings (SSSR count). The van der Waals surface area contributed by atoms with E-state index in [1.54, 1.807) is 51.7 Å². The maximum Gasteiger partial charge on any atom is 0.338 e. The third kappa shape index (κ3) is 9.19. The molecule has 1 saturated carbocycles. The smallest absolute Gasteiger partial charge is 0.338 e. The molecule has 0 radical (unpaired) electrons. The topological polar surface area (TPSA) is 111 Å². The summed E-state index contributed by atoms with van der Waals surface area (Å²) >= 11 is 0.